The average Bonchev–Trinajstić information content (AvgIpc) is 1.56. The quantitative estimate of drug-likeness (QED) is 0.0802. The number of fused-ring (bicyclic) bond motifs is 12. The molecule has 570 valence electrons. The number of para-hydroxylation sites is 3. The Bertz CT molecular complexity index is 7480. The first-order valence-corrected chi connectivity index (χ1v) is 39.5. The molecule has 0 spiro atoms. The van der Waals surface area contributed by atoms with Crippen molar-refractivity contribution in [3.8, 4) is 101 Å². The third-order valence-electron chi connectivity index (χ3n) is 22.7. The van der Waals surface area contributed by atoms with E-state index in [1.807, 2.05) is 47.7 Å². The molecule has 118 heavy (non-hydrogen) atoms. The third-order valence-corrected chi connectivity index (χ3v) is 22.7. The zero-order valence-electron chi connectivity index (χ0n) is 64.9. The summed E-state index contributed by atoms with van der Waals surface area (Å²) in [6, 6.07) is 132. The maximum atomic E-state index is 5.04. The minimum Gasteiger partial charge on any atom is -0.414 e. The molecule has 0 unspecified atom stereocenters. The van der Waals surface area contributed by atoms with Crippen molar-refractivity contribution in [2.45, 2.75) is 39.5 Å². The number of aromatic nitrogens is 10. The predicted octanol–water partition coefficient (Wildman–Crippen LogP) is 25.4. The molecular formula is C106H74N10Pt2-2. The van der Waals surface area contributed by atoms with Gasteiger partial charge in [0, 0.05) is 73.6 Å². The van der Waals surface area contributed by atoms with E-state index in [4.69, 9.17) is 15.0 Å². The van der Waals surface area contributed by atoms with Crippen LogP contribution in [0.3, 0.4) is 0 Å². The molecule has 10 nitrogen and oxygen atoms in total. The standard InChI is InChI=1S/C62H47N5.C44H27N5.2Pt/c1-40(2)50-22-14-23-51(41(3)4)61(50)65-34-33-64-62(65)48-19-13-20-49(35-48)66-57-36-46(45-27-25-44(26-28-45)42-15-7-5-8-16-42)29-30-53(57)55-38-54-52-21-11-12-24-56(52)67(59(54)39-58(55)66)60-37-47(31-32-63-60)43-17-9-6-10-18-43;1-3-11-30(12-4-1)32-19-20-37-39-28-38-36-17-7-8-18-40(36)49(44-26-33(21-23-45-44)31-13-5-2-6-14-31)43(38)29-42(39)48(41(37)25-32)35-16-9-15-34(27-35)47-24-10-22-46-47;;/h5-34,36-38,40-41H,1-4H3;1-26,28H;;/q2*-2;;+2. The van der Waals surface area contributed by atoms with E-state index in [0.717, 1.165) is 166 Å². The van der Waals surface area contributed by atoms with Crippen LogP contribution in [0.5, 0.6) is 0 Å². The fourth-order valence-electron chi connectivity index (χ4n) is 17.2. The summed E-state index contributed by atoms with van der Waals surface area (Å²) in [7, 11) is 0. The molecule has 0 N–H and O–H groups in total. The molecule has 14 aromatic carbocycles. The Hall–Kier alpha value is -13.6. The fourth-order valence-corrected chi connectivity index (χ4v) is 17.2. The van der Waals surface area contributed by atoms with E-state index in [9.17, 15) is 0 Å². The van der Waals surface area contributed by atoms with Crippen molar-refractivity contribution >= 4 is 87.2 Å². The monoisotopic (exact) mass is 1880 g/mol. The number of imidazole rings is 1. The van der Waals surface area contributed by atoms with Crippen LogP contribution in [-0.2, 0) is 42.1 Å². The van der Waals surface area contributed by atoms with Gasteiger partial charge >= 0.3 is 21.1 Å². The summed E-state index contributed by atoms with van der Waals surface area (Å²) in [5.74, 6) is 3.21. The second-order valence-electron chi connectivity index (χ2n) is 30.3. The van der Waals surface area contributed by atoms with Crippen molar-refractivity contribution < 1.29 is 46.8 Å². The molecule has 22 aromatic rings. The molecular weight excluding hydrogens is 1800 g/mol. The third kappa shape index (κ3) is 13.1. The van der Waals surface area contributed by atoms with Crippen LogP contribution in [0.4, 0.5) is 0 Å². The van der Waals surface area contributed by atoms with Gasteiger partial charge < -0.3 is 27.9 Å². The van der Waals surface area contributed by atoms with Gasteiger partial charge in [0.15, 0.2) is 6.20 Å². The number of rotatable bonds is 14. The average molecular weight is 1880 g/mol. The minimum atomic E-state index is 0. The van der Waals surface area contributed by atoms with E-state index in [1.165, 1.54) is 33.5 Å². The fraction of sp³-hybridized carbons (Fsp3) is 0.0566. The second kappa shape index (κ2) is 31.2. The van der Waals surface area contributed by atoms with Gasteiger partial charge in [-0.3, -0.25) is 9.67 Å². The summed E-state index contributed by atoms with van der Waals surface area (Å²) in [5.41, 5.74) is 27.2. The Morgan fingerprint density at radius 3 is 1.19 bits per heavy atom. The molecule has 22 rings (SSSR count). The van der Waals surface area contributed by atoms with E-state index in [0.29, 0.717) is 11.8 Å². The van der Waals surface area contributed by atoms with Crippen LogP contribution in [0, 0.1) is 24.3 Å². The molecule has 0 amide bonds. The van der Waals surface area contributed by atoms with Gasteiger partial charge in [0.25, 0.3) is 0 Å². The van der Waals surface area contributed by atoms with E-state index in [2.05, 4.69) is 395 Å². The Kier molecular flexibility index (Phi) is 19.7. The van der Waals surface area contributed by atoms with Crippen LogP contribution in [0.2, 0.25) is 0 Å². The van der Waals surface area contributed by atoms with Crippen molar-refractivity contribution in [1.29, 1.82) is 0 Å². The summed E-state index contributed by atoms with van der Waals surface area (Å²) in [6.45, 7) is 9.07. The Morgan fingerprint density at radius 2 is 0.712 bits per heavy atom. The smallest absolute Gasteiger partial charge is 0.414 e. The molecule has 0 aliphatic carbocycles. The van der Waals surface area contributed by atoms with Crippen molar-refractivity contribution in [1.82, 2.24) is 42.9 Å². The number of hydrogen-bond acceptors (Lipinski definition) is 3. The van der Waals surface area contributed by atoms with Gasteiger partial charge in [-0.2, -0.15) is 18.2 Å². The topological polar surface area (TPSA) is 81.3 Å². The maximum Gasteiger partial charge on any atom is 2.00 e. The van der Waals surface area contributed by atoms with Gasteiger partial charge in [0.2, 0.25) is 0 Å². The minimum absolute atomic E-state index is 0. The molecule has 12 heteroatoms. The van der Waals surface area contributed by atoms with Gasteiger partial charge in [-0.25, -0.2) is 9.97 Å². The summed E-state index contributed by atoms with van der Waals surface area (Å²) < 4.78 is 13.3. The molecule has 0 saturated carbocycles. The first-order valence-electron chi connectivity index (χ1n) is 39.5. The van der Waals surface area contributed by atoms with Gasteiger partial charge in [0.05, 0.1) is 11.5 Å². The predicted molar refractivity (Wildman–Crippen MR) is 474 cm³/mol. The molecule has 8 heterocycles. The summed E-state index contributed by atoms with van der Waals surface area (Å²) in [4.78, 5) is 15.0. The van der Waals surface area contributed by atoms with Gasteiger partial charge in [0.1, 0.15) is 11.6 Å². The normalized spacial score (nSPS) is 11.6. The number of benzene rings is 14. The van der Waals surface area contributed by atoms with Crippen LogP contribution < -0.4 is 9.78 Å². The molecule has 0 atom stereocenters. The molecule has 0 aliphatic heterocycles. The molecule has 0 fully saturated rings. The van der Waals surface area contributed by atoms with Gasteiger partial charge in [-0.05, 0) is 160 Å². The van der Waals surface area contributed by atoms with E-state index >= 15 is 0 Å². The van der Waals surface area contributed by atoms with Gasteiger partial charge in [-0.1, -0.05) is 286 Å². The Morgan fingerprint density at radius 1 is 0.314 bits per heavy atom. The number of hydrogen-bond donors (Lipinski definition) is 0. The van der Waals surface area contributed by atoms with Crippen molar-refractivity contribution in [3.63, 3.8) is 0 Å². The first-order chi connectivity index (χ1) is 57.2. The summed E-state index contributed by atoms with van der Waals surface area (Å²) >= 11 is 0. The zero-order valence-corrected chi connectivity index (χ0v) is 69.4. The largest absolute Gasteiger partial charge is 2.00 e. The number of pyridine rings is 2. The van der Waals surface area contributed by atoms with Gasteiger partial charge in [-0.15, -0.1) is 81.8 Å². The second-order valence-corrected chi connectivity index (χ2v) is 30.3. The Labute approximate surface area is 712 Å². The van der Waals surface area contributed by atoms with Crippen LogP contribution in [0.1, 0.15) is 50.7 Å². The van der Waals surface area contributed by atoms with E-state index in [1.54, 1.807) is 6.20 Å². The molecule has 0 bridgehead atoms. The summed E-state index contributed by atoms with van der Waals surface area (Å²) in [6.07, 6.45) is 11.6. The van der Waals surface area contributed by atoms with Crippen molar-refractivity contribution in [2.24, 2.45) is 0 Å². The van der Waals surface area contributed by atoms with Crippen LogP contribution in [0.25, 0.3) is 189 Å². The number of nitrogens with zero attached hydrogens (tertiary/aromatic N) is 10. The van der Waals surface area contributed by atoms with E-state index < -0.39 is 0 Å². The molecule has 0 aliphatic rings. The van der Waals surface area contributed by atoms with E-state index in [-0.39, 0.29) is 42.1 Å². The zero-order chi connectivity index (χ0) is 77.5. The van der Waals surface area contributed by atoms with Crippen LogP contribution in [0.15, 0.2) is 365 Å². The molecule has 0 radical (unpaired) electrons. The maximum absolute atomic E-state index is 5.04. The molecule has 8 aromatic heterocycles. The van der Waals surface area contributed by atoms with Crippen LogP contribution >= 0.6 is 0 Å². The first kappa shape index (κ1) is 74.5. The summed E-state index contributed by atoms with van der Waals surface area (Å²) in [5, 5.41) is 13.6. The SMILES string of the molecule is CC(C)c1cccc(C(C)C)c1-n1ccnc1-c1[c-]c(-n2c3[c-]c4c(cc3c3ccc(-c5ccc(-c6ccccc6)cc5)cc32)c2ccccc2n4-c2cc(-c3ccccc3)ccn2)ccc1.[Pt+2].[Pt].[c-]1c(-n2c3[c-]c4c(cc3c3ccc(-c5ccccc5)cc32)c2ccccc2n4-c2cc(-c3ccccc3)ccn2)cccc1-[n+]1ccc[n-]1. The van der Waals surface area contributed by atoms with Crippen molar-refractivity contribution in [2.75, 3.05) is 0 Å². The van der Waals surface area contributed by atoms with Crippen LogP contribution in [-0.4, -0.2) is 37.8 Å². The Balaban J connectivity index is 0.000000161. The molecule has 0 saturated heterocycles. The van der Waals surface area contributed by atoms with Crippen molar-refractivity contribution in [3.05, 3.63) is 400 Å².